The number of ether oxygens (including phenoxy) is 2. The maximum Gasteiger partial charge on any atom is 0.224 e. The molecule has 35 heavy (non-hydrogen) atoms. The molecular weight excluding hydrogens is 440 g/mol. The van der Waals surface area contributed by atoms with Gasteiger partial charge in [0.15, 0.2) is 0 Å². The Morgan fingerprint density at radius 1 is 0.829 bits per heavy atom. The van der Waals surface area contributed by atoms with Gasteiger partial charge in [-0.1, -0.05) is 24.3 Å². The van der Waals surface area contributed by atoms with Crippen LogP contribution in [0.5, 0.6) is 11.8 Å². The number of anilines is 1. The van der Waals surface area contributed by atoms with Crippen molar-refractivity contribution in [3.8, 4) is 34.1 Å². The smallest absolute Gasteiger partial charge is 0.224 e. The summed E-state index contributed by atoms with van der Waals surface area (Å²) in [5.74, 6) is 1.07. The van der Waals surface area contributed by atoms with Gasteiger partial charge < -0.3 is 14.4 Å². The number of methoxy groups -OCH3 is 2. The van der Waals surface area contributed by atoms with Crippen molar-refractivity contribution in [2.24, 2.45) is 0 Å². The van der Waals surface area contributed by atoms with Gasteiger partial charge in [-0.25, -0.2) is 15.0 Å². The first-order chi connectivity index (χ1) is 17.1. The van der Waals surface area contributed by atoms with Crippen molar-refractivity contribution < 1.29 is 14.3 Å². The van der Waals surface area contributed by atoms with Gasteiger partial charge >= 0.3 is 0 Å². The van der Waals surface area contributed by atoms with Crippen LogP contribution in [0, 0.1) is 0 Å². The van der Waals surface area contributed by atoms with E-state index in [-0.39, 0.29) is 5.91 Å². The molecule has 3 aromatic heterocycles. The number of carbonyl (C=O) groups is 1. The van der Waals surface area contributed by atoms with E-state index in [2.05, 4.69) is 9.97 Å². The maximum atomic E-state index is 12.7. The number of aromatic nitrogens is 3. The van der Waals surface area contributed by atoms with Gasteiger partial charge in [0.05, 0.1) is 37.8 Å². The summed E-state index contributed by atoms with van der Waals surface area (Å²) >= 11 is 0. The molecule has 1 aliphatic rings. The van der Waals surface area contributed by atoms with E-state index in [0.29, 0.717) is 18.3 Å². The van der Waals surface area contributed by atoms with Crippen LogP contribution in [0.2, 0.25) is 0 Å². The number of nitrogens with zero attached hydrogens (tertiary/aromatic N) is 4. The molecule has 7 nitrogen and oxygen atoms in total. The van der Waals surface area contributed by atoms with Crippen LogP contribution in [-0.4, -0.2) is 35.1 Å². The van der Waals surface area contributed by atoms with Gasteiger partial charge in [-0.2, -0.15) is 0 Å². The van der Waals surface area contributed by atoms with Crippen LogP contribution in [0.4, 0.5) is 5.69 Å². The Labute approximate surface area is 203 Å². The van der Waals surface area contributed by atoms with E-state index in [1.807, 2.05) is 66.7 Å². The minimum absolute atomic E-state index is 0.0408. The van der Waals surface area contributed by atoms with Crippen molar-refractivity contribution in [3.63, 3.8) is 0 Å². The number of amides is 1. The first-order valence-corrected chi connectivity index (χ1v) is 11.2. The van der Waals surface area contributed by atoms with Gasteiger partial charge in [-0.05, 0) is 47.0 Å². The summed E-state index contributed by atoms with van der Waals surface area (Å²) in [5, 5.41) is 0. The molecule has 1 aromatic carbocycles. The van der Waals surface area contributed by atoms with Gasteiger partial charge in [0.1, 0.15) is 0 Å². The molecule has 5 rings (SSSR count). The number of fused-ring (bicyclic) bond motifs is 2. The van der Waals surface area contributed by atoms with Crippen LogP contribution in [0.25, 0.3) is 34.5 Å². The Morgan fingerprint density at radius 3 is 2.14 bits per heavy atom. The third kappa shape index (κ3) is 4.48. The van der Waals surface area contributed by atoms with Gasteiger partial charge in [-0.15, -0.1) is 0 Å². The van der Waals surface area contributed by atoms with Crippen LogP contribution in [0.3, 0.4) is 0 Å². The predicted molar refractivity (Wildman–Crippen MR) is 136 cm³/mol. The molecule has 1 amide bonds. The number of carbonyl (C=O) groups excluding carboxylic acids is 1. The molecule has 0 saturated carbocycles. The van der Waals surface area contributed by atoms with E-state index in [0.717, 1.165) is 44.9 Å². The van der Waals surface area contributed by atoms with Crippen molar-refractivity contribution >= 4 is 23.7 Å². The number of hydrogen-bond acceptors (Lipinski definition) is 6. The van der Waals surface area contributed by atoms with Crippen LogP contribution < -0.4 is 14.4 Å². The lowest BCUT2D eigenvalue weighted by Gasteiger charge is -2.26. The minimum atomic E-state index is -0.0408. The highest BCUT2D eigenvalue weighted by atomic mass is 16.5. The standard InChI is InChI=1S/C28H24N4O3/c1-18(33)32-17-23-7-11-24(22-9-13-28(35-3)30-16-22)31-25(23)10-6-19-4-5-20(14-26(19)32)21-8-12-27(34-2)29-15-21/h4-16H,17H2,1-3H3. The normalized spacial score (nSPS) is 12.3. The average Bonchev–Trinajstić information content (AvgIpc) is 2.89. The van der Waals surface area contributed by atoms with Crippen molar-refractivity contribution in [1.29, 1.82) is 0 Å². The molecule has 4 heterocycles. The van der Waals surface area contributed by atoms with E-state index in [4.69, 9.17) is 14.5 Å². The maximum absolute atomic E-state index is 12.7. The highest BCUT2D eigenvalue weighted by Gasteiger charge is 2.20. The lowest BCUT2D eigenvalue weighted by Crippen LogP contribution is -2.29. The molecular formula is C28H24N4O3. The van der Waals surface area contributed by atoms with Gasteiger partial charge in [0.2, 0.25) is 17.7 Å². The fourth-order valence-electron chi connectivity index (χ4n) is 4.07. The molecule has 0 atom stereocenters. The van der Waals surface area contributed by atoms with Crippen LogP contribution >= 0.6 is 0 Å². The molecule has 0 bridgehead atoms. The second kappa shape index (κ2) is 9.38. The number of benzene rings is 1. The summed E-state index contributed by atoms with van der Waals surface area (Å²) in [6, 6.07) is 17.6. The molecule has 0 aliphatic carbocycles. The molecule has 174 valence electrons. The van der Waals surface area contributed by atoms with E-state index in [1.165, 1.54) is 0 Å². The zero-order chi connectivity index (χ0) is 24.4. The highest BCUT2D eigenvalue weighted by Crippen LogP contribution is 2.33. The summed E-state index contributed by atoms with van der Waals surface area (Å²) in [4.78, 5) is 28.0. The molecule has 0 saturated heterocycles. The molecule has 4 aromatic rings. The van der Waals surface area contributed by atoms with Crippen molar-refractivity contribution in [1.82, 2.24) is 15.0 Å². The Morgan fingerprint density at radius 2 is 1.51 bits per heavy atom. The zero-order valence-corrected chi connectivity index (χ0v) is 19.7. The van der Waals surface area contributed by atoms with Crippen LogP contribution in [-0.2, 0) is 11.3 Å². The number of hydrogen-bond donors (Lipinski definition) is 0. The fourth-order valence-corrected chi connectivity index (χ4v) is 4.07. The third-order valence-electron chi connectivity index (χ3n) is 5.98. The summed E-state index contributed by atoms with van der Waals surface area (Å²) in [6.07, 6.45) is 7.52. The molecule has 0 unspecified atom stereocenters. The summed E-state index contributed by atoms with van der Waals surface area (Å²) in [6.45, 7) is 2.00. The minimum Gasteiger partial charge on any atom is -0.481 e. The van der Waals surface area contributed by atoms with Gasteiger partial charge in [0, 0.05) is 42.6 Å². The van der Waals surface area contributed by atoms with E-state index in [1.54, 1.807) is 38.4 Å². The largest absolute Gasteiger partial charge is 0.481 e. The SMILES string of the molecule is COc1ccc(-c2ccc3c(c2)N(C(C)=O)Cc2ccc(-c4ccc(OC)nc4)nc2C=C3)cn1. The van der Waals surface area contributed by atoms with E-state index in [9.17, 15) is 4.79 Å². The van der Waals surface area contributed by atoms with E-state index >= 15 is 0 Å². The highest BCUT2D eigenvalue weighted by molar-refractivity contribution is 5.96. The average molecular weight is 465 g/mol. The molecule has 7 heteroatoms. The van der Waals surface area contributed by atoms with Crippen molar-refractivity contribution in [2.75, 3.05) is 19.1 Å². The molecule has 0 radical (unpaired) electrons. The van der Waals surface area contributed by atoms with Crippen molar-refractivity contribution in [2.45, 2.75) is 13.5 Å². The monoisotopic (exact) mass is 464 g/mol. The molecule has 0 spiro atoms. The topological polar surface area (TPSA) is 77.4 Å². The number of rotatable bonds is 4. The van der Waals surface area contributed by atoms with Crippen LogP contribution in [0.1, 0.15) is 23.7 Å². The third-order valence-corrected chi connectivity index (χ3v) is 5.98. The van der Waals surface area contributed by atoms with Gasteiger partial charge in [-0.3, -0.25) is 4.79 Å². The summed E-state index contributed by atoms with van der Waals surface area (Å²) < 4.78 is 10.3. The van der Waals surface area contributed by atoms with Crippen LogP contribution in [0.15, 0.2) is 67.0 Å². The Hall–Kier alpha value is -4.52. The Kier molecular flexibility index (Phi) is 5.97. The predicted octanol–water partition coefficient (Wildman–Crippen LogP) is 5.26. The van der Waals surface area contributed by atoms with E-state index < -0.39 is 0 Å². The Balaban J connectivity index is 1.54. The quantitative estimate of drug-likeness (QED) is 0.410. The number of pyridine rings is 3. The lowest BCUT2D eigenvalue weighted by atomic mass is 9.99. The summed E-state index contributed by atoms with van der Waals surface area (Å²) in [7, 11) is 3.18. The second-order valence-electron chi connectivity index (χ2n) is 8.13. The molecule has 1 aliphatic heterocycles. The summed E-state index contributed by atoms with van der Waals surface area (Å²) in [5.41, 5.74) is 7.18. The fraction of sp³-hybridized carbons (Fsp3) is 0.143. The molecule has 0 N–H and O–H groups in total. The molecule has 0 fully saturated rings. The first kappa shape index (κ1) is 22.3. The zero-order valence-electron chi connectivity index (χ0n) is 19.7. The second-order valence-corrected chi connectivity index (χ2v) is 8.13. The Bertz CT molecular complexity index is 1410. The lowest BCUT2D eigenvalue weighted by molar-refractivity contribution is -0.116. The van der Waals surface area contributed by atoms with Crippen molar-refractivity contribution in [3.05, 3.63) is 83.8 Å². The first-order valence-electron chi connectivity index (χ1n) is 11.2. The van der Waals surface area contributed by atoms with Gasteiger partial charge in [0.25, 0.3) is 0 Å².